The minimum atomic E-state index is -0.635. The van der Waals surface area contributed by atoms with E-state index in [4.69, 9.17) is 0 Å². The summed E-state index contributed by atoms with van der Waals surface area (Å²) in [5.41, 5.74) is 0.336. The van der Waals surface area contributed by atoms with Gasteiger partial charge in [-0.2, -0.15) is 0 Å². The predicted octanol–water partition coefficient (Wildman–Crippen LogP) is 1.54. The van der Waals surface area contributed by atoms with Crippen LogP contribution in [0.5, 0.6) is 0 Å². The fourth-order valence-corrected chi connectivity index (χ4v) is 1.90. The molecule has 0 spiro atoms. The van der Waals surface area contributed by atoms with Crippen molar-refractivity contribution in [3.05, 3.63) is 39.9 Å². The van der Waals surface area contributed by atoms with Crippen molar-refractivity contribution in [1.82, 2.24) is 0 Å². The first kappa shape index (κ1) is 11.3. The van der Waals surface area contributed by atoms with Gasteiger partial charge in [-0.05, 0) is 0 Å². The Kier molecular flexibility index (Phi) is 2.86. The van der Waals surface area contributed by atoms with E-state index in [0.29, 0.717) is 5.56 Å². The lowest BCUT2D eigenvalue weighted by molar-refractivity contribution is -0.385. The van der Waals surface area contributed by atoms with Crippen LogP contribution in [0.1, 0.15) is 24.3 Å². The molecule has 0 atom stereocenters. The molecule has 1 heterocycles. The average Bonchev–Trinajstić information content (AvgIpc) is 2.27. The van der Waals surface area contributed by atoms with Gasteiger partial charge in [-0.15, -0.1) is 0 Å². The van der Waals surface area contributed by atoms with Gasteiger partial charge in [-0.25, -0.2) is 0 Å². The molecule has 0 saturated carbocycles. The Morgan fingerprint density at radius 2 is 1.76 bits per heavy atom. The Morgan fingerprint density at radius 1 is 1.18 bits per heavy atom. The molecular weight excluding hydrogens is 226 g/mol. The molecule has 1 aliphatic rings. The molecule has 1 aliphatic heterocycles. The number of nitro benzene ring substituents is 1. The van der Waals surface area contributed by atoms with Crippen molar-refractivity contribution in [3.8, 4) is 0 Å². The first-order chi connectivity index (χ1) is 8.08. The number of hydrogen-bond acceptors (Lipinski definition) is 5. The largest absolute Gasteiger partial charge is 0.393 e. The topological polar surface area (TPSA) is 86.5 Å². The molecule has 0 radical (unpaired) electrons. The molecule has 1 aromatic rings. The molecule has 6 nitrogen and oxygen atoms in total. The standard InChI is InChI=1S/C11H9NO5/c13-10-5-7(6-11(14)17-10)8-3-1-2-4-9(8)12(15)16/h1-4,7H,5-6H2. The van der Waals surface area contributed by atoms with E-state index in [-0.39, 0.29) is 18.5 Å². The van der Waals surface area contributed by atoms with E-state index in [1.165, 1.54) is 6.07 Å². The Morgan fingerprint density at radius 3 is 2.35 bits per heavy atom. The maximum atomic E-state index is 11.1. The summed E-state index contributed by atoms with van der Waals surface area (Å²) in [6.07, 6.45) is -0.00676. The summed E-state index contributed by atoms with van der Waals surface area (Å²) in [5.74, 6) is -1.74. The van der Waals surface area contributed by atoms with Gasteiger partial charge < -0.3 is 4.74 Å². The zero-order chi connectivity index (χ0) is 12.4. The fourth-order valence-electron chi connectivity index (χ4n) is 1.90. The predicted molar refractivity (Wildman–Crippen MR) is 56.2 cm³/mol. The molecule has 17 heavy (non-hydrogen) atoms. The van der Waals surface area contributed by atoms with E-state index < -0.39 is 22.8 Å². The maximum Gasteiger partial charge on any atom is 0.314 e. The minimum Gasteiger partial charge on any atom is -0.393 e. The number of carbonyl (C=O) groups excluding carboxylic acids is 2. The van der Waals surface area contributed by atoms with Gasteiger partial charge in [0.25, 0.3) is 5.69 Å². The van der Waals surface area contributed by atoms with Crippen LogP contribution in [0.4, 0.5) is 5.69 Å². The number of carbonyl (C=O) groups is 2. The Labute approximate surface area is 96.3 Å². The number of para-hydroxylation sites is 1. The van der Waals surface area contributed by atoms with Gasteiger partial charge in [0.05, 0.1) is 17.8 Å². The van der Waals surface area contributed by atoms with Gasteiger partial charge in [0, 0.05) is 17.5 Å². The first-order valence-corrected chi connectivity index (χ1v) is 5.04. The van der Waals surface area contributed by atoms with Crippen molar-refractivity contribution in [1.29, 1.82) is 0 Å². The summed E-state index contributed by atoms with van der Waals surface area (Å²) in [5, 5.41) is 10.8. The summed E-state index contributed by atoms with van der Waals surface area (Å²) >= 11 is 0. The van der Waals surface area contributed by atoms with Crippen LogP contribution >= 0.6 is 0 Å². The van der Waals surface area contributed by atoms with Crippen molar-refractivity contribution in [2.75, 3.05) is 0 Å². The number of hydrogen-bond donors (Lipinski definition) is 0. The molecule has 0 unspecified atom stereocenters. The summed E-state index contributed by atoms with van der Waals surface area (Å²) in [7, 11) is 0. The van der Waals surface area contributed by atoms with Gasteiger partial charge in [-0.3, -0.25) is 19.7 Å². The molecule has 88 valence electrons. The smallest absolute Gasteiger partial charge is 0.314 e. The van der Waals surface area contributed by atoms with Crippen molar-refractivity contribution >= 4 is 17.6 Å². The number of esters is 2. The molecule has 0 N–H and O–H groups in total. The lowest BCUT2D eigenvalue weighted by Gasteiger charge is -2.19. The van der Waals surface area contributed by atoms with Crippen LogP contribution in [-0.2, 0) is 14.3 Å². The highest BCUT2D eigenvalue weighted by atomic mass is 16.6. The van der Waals surface area contributed by atoms with Crippen molar-refractivity contribution in [2.45, 2.75) is 18.8 Å². The number of benzene rings is 1. The van der Waals surface area contributed by atoms with Crippen LogP contribution in [-0.4, -0.2) is 16.9 Å². The molecule has 1 saturated heterocycles. The highest BCUT2D eigenvalue weighted by molar-refractivity contribution is 5.89. The van der Waals surface area contributed by atoms with Gasteiger partial charge >= 0.3 is 11.9 Å². The molecule has 0 aliphatic carbocycles. The number of cyclic esters (lactones) is 2. The van der Waals surface area contributed by atoms with E-state index in [9.17, 15) is 19.7 Å². The van der Waals surface area contributed by atoms with E-state index in [0.717, 1.165) is 0 Å². The number of rotatable bonds is 2. The van der Waals surface area contributed by atoms with Crippen LogP contribution < -0.4 is 0 Å². The highest BCUT2D eigenvalue weighted by Crippen LogP contribution is 2.33. The average molecular weight is 235 g/mol. The lowest BCUT2D eigenvalue weighted by Crippen LogP contribution is -2.24. The Bertz CT molecular complexity index is 480. The second-order valence-corrected chi connectivity index (χ2v) is 3.77. The van der Waals surface area contributed by atoms with E-state index in [1.54, 1.807) is 18.2 Å². The van der Waals surface area contributed by atoms with Crippen molar-refractivity contribution < 1.29 is 19.2 Å². The maximum absolute atomic E-state index is 11.1. The monoisotopic (exact) mass is 235 g/mol. The second kappa shape index (κ2) is 4.32. The number of nitro groups is 1. The first-order valence-electron chi connectivity index (χ1n) is 5.04. The highest BCUT2D eigenvalue weighted by Gasteiger charge is 2.32. The molecule has 0 aromatic heterocycles. The van der Waals surface area contributed by atoms with E-state index in [1.807, 2.05) is 0 Å². The van der Waals surface area contributed by atoms with Crippen LogP contribution in [0.25, 0.3) is 0 Å². The normalized spacial score (nSPS) is 16.7. The Balaban J connectivity index is 2.36. The third kappa shape index (κ3) is 2.30. The third-order valence-corrected chi connectivity index (χ3v) is 2.63. The number of nitrogens with zero attached hydrogens (tertiary/aromatic N) is 1. The molecule has 1 fully saturated rings. The van der Waals surface area contributed by atoms with Gasteiger partial charge in [-0.1, -0.05) is 18.2 Å². The van der Waals surface area contributed by atoms with Crippen LogP contribution in [0, 0.1) is 10.1 Å². The van der Waals surface area contributed by atoms with Gasteiger partial charge in [0.2, 0.25) is 0 Å². The molecule has 1 aromatic carbocycles. The number of ether oxygens (including phenoxy) is 1. The third-order valence-electron chi connectivity index (χ3n) is 2.63. The summed E-state index contributed by atoms with van der Waals surface area (Å²) in [4.78, 5) is 32.6. The summed E-state index contributed by atoms with van der Waals surface area (Å²) in [6.45, 7) is 0. The zero-order valence-corrected chi connectivity index (χ0v) is 8.79. The zero-order valence-electron chi connectivity index (χ0n) is 8.79. The molecule has 0 amide bonds. The van der Waals surface area contributed by atoms with Crippen LogP contribution in [0.15, 0.2) is 24.3 Å². The Hall–Kier alpha value is -2.24. The van der Waals surface area contributed by atoms with E-state index in [2.05, 4.69) is 4.74 Å². The summed E-state index contributed by atoms with van der Waals surface area (Å²) in [6, 6.07) is 6.12. The molecule has 0 bridgehead atoms. The van der Waals surface area contributed by atoms with Gasteiger partial charge in [0.1, 0.15) is 0 Å². The molecule has 2 rings (SSSR count). The molecule has 6 heteroatoms. The van der Waals surface area contributed by atoms with Gasteiger partial charge in [0.15, 0.2) is 0 Å². The van der Waals surface area contributed by atoms with Crippen LogP contribution in [0.3, 0.4) is 0 Å². The van der Waals surface area contributed by atoms with Crippen molar-refractivity contribution in [3.63, 3.8) is 0 Å². The quantitative estimate of drug-likeness (QED) is 0.336. The second-order valence-electron chi connectivity index (χ2n) is 3.77. The lowest BCUT2D eigenvalue weighted by atomic mass is 9.90. The minimum absolute atomic E-state index is 0.00338. The van der Waals surface area contributed by atoms with Crippen LogP contribution in [0.2, 0.25) is 0 Å². The fraction of sp³-hybridized carbons (Fsp3) is 0.273. The van der Waals surface area contributed by atoms with Crippen molar-refractivity contribution in [2.24, 2.45) is 0 Å². The van der Waals surface area contributed by atoms with E-state index >= 15 is 0 Å². The SMILES string of the molecule is O=C1CC(c2ccccc2[N+](=O)[O-])CC(=O)O1. The molecular formula is C11H9NO5. The summed E-state index contributed by atoms with van der Waals surface area (Å²) < 4.78 is 4.39.